The number of benzene rings is 3. The molecular formula is C22H15NO2. The SMILES string of the molecule is O=C1c2ccccc2C(=O)N1c1ccc(/C=C/c2ccccc2)cc1. The first kappa shape index (κ1) is 15.1. The minimum atomic E-state index is -0.270. The lowest BCUT2D eigenvalue weighted by molar-refractivity contribution is 0.0926. The van der Waals surface area contributed by atoms with Crippen LogP contribution in [0.3, 0.4) is 0 Å². The molecule has 4 rings (SSSR count). The van der Waals surface area contributed by atoms with Gasteiger partial charge in [0.05, 0.1) is 16.8 Å². The number of amides is 2. The zero-order valence-corrected chi connectivity index (χ0v) is 13.4. The molecule has 0 aliphatic carbocycles. The average Bonchev–Trinajstić information content (AvgIpc) is 2.93. The lowest BCUT2D eigenvalue weighted by Gasteiger charge is -2.13. The van der Waals surface area contributed by atoms with Crippen LogP contribution in [-0.4, -0.2) is 11.8 Å². The highest BCUT2D eigenvalue weighted by atomic mass is 16.2. The minimum absolute atomic E-state index is 0.270. The van der Waals surface area contributed by atoms with E-state index in [0.717, 1.165) is 11.1 Å². The second kappa shape index (κ2) is 6.21. The van der Waals surface area contributed by atoms with Gasteiger partial charge in [-0.05, 0) is 35.4 Å². The lowest BCUT2D eigenvalue weighted by Crippen LogP contribution is -2.29. The Hall–Kier alpha value is -3.46. The molecular weight excluding hydrogens is 310 g/mol. The molecule has 25 heavy (non-hydrogen) atoms. The molecule has 0 atom stereocenters. The van der Waals surface area contributed by atoms with Crippen molar-refractivity contribution in [2.45, 2.75) is 0 Å². The summed E-state index contributed by atoms with van der Waals surface area (Å²) in [7, 11) is 0. The smallest absolute Gasteiger partial charge is 0.266 e. The van der Waals surface area contributed by atoms with Crippen molar-refractivity contribution < 1.29 is 9.59 Å². The van der Waals surface area contributed by atoms with E-state index in [0.29, 0.717) is 16.8 Å². The van der Waals surface area contributed by atoms with Crippen molar-refractivity contribution in [2.24, 2.45) is 0 Å². The topological polar surface area (TPSA) is 37.4 Å². The maximum absolute atomic E-state index is 12.5. The van der Waals surface area contributed by atoms with Gasteiger partial charge in [0.15, 0.2) is 0 Å². The van der Waals surface area contributed by atoms with Gasteiger partial charge in [-0.2, -0.15) is 0 Å². The van der Waals surface area contributed by atoms with Crippen molar-refractivity contribution in [1.82, 2.24) is 0 Å². The van der Waals surface area contributed by atoms with Crippen molar-refractivity contribution in [3.8, 4) is 0 Å². The predicted molar refractivity (Wildman–Crippen MR) is 99.4 cm³/mol. The molecule has 3 heteroatoms. The first-order valence-corrected chi connectivity index (χ1v) is 8.05. The number of anilines is 1. The van der Waals surface area contributed by atoms with E-state index in [-0.39, 0.29) is 11.8 Å². The number of imide groups is 1. The van der Waals surface area contributed by atoms with Gasteiger partial charge in [0.25, 0.3) is 11.8 Å². The molecule has 0 bridgehead atoms. The monoisotopic (exact) mass is 325 g/mol. The second-order valence-electron chi connectivity index (χ2n) is 5.83. The molecule has 120 valence electrons. The maximum Gasteiger partial charge on any atom is 0.266 e. The van der Waals surface area contributed by atoms with Gasteiger partial charge in [0.1, 0.15) is 0 Å². The van der Waals surface area contributed by atoms with Gasteiger partial charge < -0.3 is 0 Å². The average molecular weight is 325 g/mol. The molecule has 3 aromatic carbocycles. The molecule has 2 amide bonds. The third-order valence-electron chi connectivity index (χ3n) is 4.21. The first-order chi connectivity index (χ1) is 12.2. The van der Waals surface area contributed by atoms with Crippen molar-refractivity contribution in [3.63, 3.8) is 0 Å². The molecule has 0 aromatic heterocycles. The second-order valence-corrected chi connectivity index (χ2v) is 5.83. The molecule has 1 aliphatic heterocycles. The van der Waals surface area contributed by atoms with Crippen LogP contribution in [0.25, 0.3) is 12.2 Å². The summed E-state index contributed by atoms with van der Waals surface area (Å²) >= 11 is 0. The normalized spacial score (nSPS) is 13.5. The maximum atomic E-state index is 12.5. The van der Waals surface area contributed by atoms with E-state index >= 15 is 0 Å². The van der Waals surface area contributed by atoms with Crippen LogP contribution in [0.15, 0.2) is 78.9 Å². The van der Waals surface area contributed by atoms with Crippen LogP contribution in [0.4, 0.5) is 5.69 Å². The highest BCUT2D eigenvalue weighted by molar-refractivity contribution is 6.34. The Labute approximate surface area is 145 Å². The Bertz CT molecular complexity index is 937. The molecule has 0 N–H and O–H groups in total. The number of carbonyl (C=O) groups excluding carboxylic acids is 2. The summed E-state index contributed by atoms with van der Waals surface area (Å²) in [5.74, 6) is -0.540. The summed E-state index contributed by atoms with van der Waals surface area (Å²) in [5.41, 5.74) is 3.63. The van der Waals surface area contributed by atoms with Crippen LogP contribution in [0.5, 0.6) is 0 Å². The van der Waals surface area contributed by atoms with Gasteiger partial charge in [0, 0.05) is 0 Å². The van der Waals surface area contributed by atoms with E-state index in [1.165, 1.54) is 4.90 Å². The van der Waals surface area contributed by atoms with E-state index in [2.05, 4.69) is 0 Å². The third kappa shape index (κ3) is 2.76. The first-order valence-electron chi connectivity index (χ1n) is 8.05. The Kier molecular flexibility index (Phi) is 3.75. The van der Waals surface area contributed by atoms with Crippen molar-refractivity contribution in [2.75, 3.05) is 4.90 Å². The molecule has 3 nitrogen and oxygen atoms in total. The van der Waals surface area contributed by atoms with Crippen LogP contribution in [0.1, 0.15) is 31.8 Å². The van der Waals surface area contributed by atoms with Gasteiger partial charge >= 0.3 is 0 Å². The summed E-state index contributed by atoms with van der Waals surface area (Å²) in [6.07, 6.45) is 4.03. The largest absolute Gasteiger partial charge is 0.268 e. The number of hydrogen-bond acceptors (Lipinski definition) is 2. The van der Waals surface area contributed by atoms with Crippen molar-refractivity contribution in [1.29, 1.82) is 0 Å². The molecule has 1 aliphatic rings. The van der Waals surface area contributed by atoms with Crippen LogP contribution < -0.4 is 4.90 Å². The number of nitrogens with zero attached hydrogens (tertiary/aromatic N) is 1. The molecule has 0 fully saturated rings. The number of rotatable bonds is 3. The summed E-state index contributed by atoms with van der Waals surface area (Å²) in [6, 6.07) is 24.3. The quantitative estimate of drug-likeness (QED) is 0.519. The predicted octanol–water partition coefficient (Wildman–Crippen LogP) is 4.66. The van der Waals surface area contributed by atoms with Crippen LogP contribution in [0, 0.1) is 0 Å². The van der Waals surface area contributed by atoms with E-state index in [9.17, 15) is 9.59 Å². The zero-order valence-electron chi connectivity index (χ0n) is 13.4. The van der Waals surface area contributed by atoms with Crippen LogP contribution in [0.2, 0.25) is 0 Å². The van der Waals surface area contributed by atoms with Gasteiger partial charge in [0.2, 0.25) is 0 Å². The van der Waals surface area contributed by atoms with Gasteiger partial charge in [-0.25, -0.2) is 4.90 Å². The molecule has 0 spiro atoms. The summed E-state index contributed by atoms with van der Waals surface area (Å²) in [6.45, 7) is 0. The van der Waals surface area contributed by atoms with E-state index in [1.54, 1.807) is 36.4 Å². The van der Waals surface area contributed by atoms with Crippen LogP contribution >= 0.6 is 0 Å². The standard InChI is InChI=1S/C22H15NO2/c24-21-19-8-4-5-9-20(19)22(25)23(21)18-14-12-17(13-15-18)11-10-16-6-2-1-3-7-16/h1-15H/b11-10+. The van der Waals surface area contributed by atoms with E-state index in [4.69, 9.17) is 0 Å². The van der Waals surface area contributed by atoms with E-state index < -0.39 is 0 Å². The molecule has 3 aromatic rings. The van der Waals surface area contributed by atoms with Crippen molar-refractivity contribution in [3.05, 3.63) is 101 Å². The summed E-state index contributed by atoms with van der Waals surface area (Å²) in [5, 5.41) is 0. The highest BCUT2D eigenvalue weighted by Crippen LogP contribution is 2.28. The fourth-order valence-corrected chi connectivity index (χ4v) is 2.91. The Morgan fingerprint density at radius 1 is 0.560 bits per heavy atom. The highest BCUT2D eigenvalue weighted by Gasteiger charge is 2.36. The van der Waals surface area contributed by atoms with Gasteiger partial charge in [-0.3, -0.25) is 9.59 Å². The summed E-state index contributed by atoms with van der Waals surface area (Å²) in [4.78, 5) is 26.2. The molecule has 0 unspecified atom stereocenters. The van der Waals surface area contributed by atoms with Crippen molar-refractivity contribution >= 4 is 29.7 Å². The third-order valence-corrected chi connectivity index (χ3v) is 4.21. The number of carbonyl (C=O) groups is 2. The van der Waals surface area contributed by atoms with Crippen LogP contribution in [-0.2, 0) is 0 Å². The number of hydrogen-bond donors (Lipinski definition) is 0. The Balaban J connectivity index is 1.58. The minimum Gasteiger partial charge on any atom is -0.268 e. The molecule has 0 saturated heterocycles. The zero-order chi connectivity index (χ0) is 17.2. The molecule has 1 heterocycles. The Morgan fingerprint density at radius 3 is 1.60 bits per heavy atom. The van der Waals surface area contributed by atoms with Gasteiger partial charge in [-0.15, -0.1) is 0 Å². The fraction of sp³-hybridized carbons (Fsp3) is 0. The fourth-order valence-electron chi connectivity index (χ4n) is 2.91. The summed E-state index contributed by atoms with van der Waals surface area (Å²) < 4.78 is 0. The number of fused-ring (bicyclic) bond motifs is 1. The van der Waals surface area contributed by atoms with E-state index in [1.807, 2.05) is 54.6 Å². The lowest BCUT2D eigenvalue weighted by atomic mass is 10.1. The molecule has 0 saturated carbocycles. The Morgan fingerprint density at radius 2 is 1.04 bits per heavy atom. The van der Waals surface area contributed by atoms with Gasteiger partial charge in [-0.1, -0.05) is 66.7 Å². The molecule has 0 radical (unpaired) electrons.